The summed E-state index contributed by atoms with van der Waals surface area (Å²) < 4.78 is 0. The van der Waals surface area contributed by atoms with Gasteiger partial charge in [0.1, 0.15) is 11.6 Å². The van der Waals surface area contributed by atoms with E-state index >= 15 is 0 Å². The van der Waals surface area contributed by atoms with Crippen LogP contribution in [0.15, 0.2) is 54.3 Å². The van der Waals surface area contributed by atoms with Crippen molar-refractivity contribution in [2.45, 2.75) is 121 Å². The summed E-state index contributed by atoms with van der Waals surface area (Å²) in [6, 6.07) is 18.9. The van der Waals surface area contributed by atoms with Crippen LogP contribution >= 0.6 is 0 Å². The topological polar surface area (TPSA) is 63.1 Å². The van der Waals surface area contributed by atoms with E-state index in [1.165, 1.54) is 28.0 Å². The van der Waals surface area contributed by atoms with Gasteiger partial charge in [-0.15, -0.1) is 34.9 Å². The summed E-state index contributed by atoms with van der Waals surface area (Å²) in [5.74, 6) is 2.03. The van der Waals surface area contributed by atoms with Crippen molar-refractivity contribution in [1.82, 2.24) is 9.97 Å². The number of allylic oxidation sites excluding steroid dienone is 2. The van der Waals surface area contributed by atoms with Crippen molar-refractivity contribution < 1.29 is 30.0 Å². The van der Waals surface area contributed by atoms with Gasteiger partial charge in [0.05, 0.1) is 5.52 Å². The first-order chi connectivity index (χ1) is 21.6. The summed E-state index contributed by atoms with van der Waals surface area (Å²) in [6.07, 6.45) is 5.80. The van der Waals surface area contributed by atoms with Gasteiger partial charge in [-0.2, -0.15) is 0 Å². The van der Waals surface area contributed by atoms with Crippen molar-refractivity contribution in [3.05, 3.63) is 82.9 Å². The molecule has 0 unspecified atom stereocenters. The van der Waals surface area contributed by atoms with Gasteiger partial charge in [0.15, 0.2) is 5.78 Å². The van der Waals surface area contributed by atoms with Crippen LogP contribution in [-0.2, 0) is 31.3 Å². The maximum atomic E-state index is 12.2. The van der Waals surface area contributed by atoms with Crippen molar-refractivity contribution in [1.29, 1.82) is 0 Å². The molecule has 4 rings (SSSR count). The number of hydrogen-bond donors (Lipinski definition) is 1. The number of aliphatic hydroxyl groups is 1. The fourth-order valence-corrected chi connectivity index (χ4v) is 5.84. The summed E-state index contributed by atoms with van der Waals surface area (Å²) in [5.41, 5.74) is 6.25. The molecule has 1 aromatic heterocycles. The Balaban J connectivity index is 0.000000370. The summed E-state index contributed by atoms with van der Waals surface area (Å²) in [4.78, 5) is 22.3. The van der Waals surface area contributed by atoms with Crippen LogP contribution in [0.3, 0.4) is 0 Å². The third-order valence-corrected chi connectivity index (χ3v) is 9.96. The van der Waals surface area contributed by atoms with E-state index in [1.807, 2.05) is 41.5 Å². The Hall–Kier alpha value is -2.88. The SMILES string of the molecule is CCC(C)(CC)C(=O)/C=C(\O)C(C)(CC)CC.Cc1[c-]c(-c2nc(C(C)C)nc3c2ccc2cccc(CC(C)C)c23)cc(C)c1.[Ir]. The number of carbonyl (C=O) groups is 1. The first-order valence-electron chi connectivity index (χ1n) is 17.3. The zero-order valence-corrected chi connectivity index (χ0v) is 33.3. The van der Waals surface area contributed by atoms with Crippen LogP contribution in [0.2, 0.25) is 0 Å². The predicted molar refractivity (Wildman–Crippen MR) is 197 cm³/mol. The molecule has 5 heteroatoms. The Kier molecular flexibility index (Phi) is 14.6. The molecule has 4 nitrogen and oxygen atoms in total. The average Bonchev–Trinajstić information content (AvgIpc) is 3.02. The summed E-state index contributed by atoms with van der Waals surface area (Å²) in [6.45, 7) is 25.2. The summed E-state index contributed by atoms with van der Waals surface area (Å²) in [7, 11) is 0. The Morgan fingerprint density at radius 1 is 0.894 bits per heavy atom. The molecule has 1 N–H and O–H groups in total. The first-order valence-corrected chi connectivity index (χ1v) is 17.3. The third-order valence-electron chi connectivity index (χ3n) is 9.96. The molecular weight excluding hydrogens is 757 g/mol. The Morgan fingerprint density at radius 2 is 1.51 bits per heavy atom. The summed E-state index contributed by atoms with van der Waals surface area (Å²) >= 11 is 0. The van der Waals surface area contributed by atoms with Crippen molar-refractivity contribution in [3.8, 4) is 11.3 Å². The second-order valence-electron chi connectivity index (χ2n) is 14.3. The number of ketones is 1. The minimum atomic E-state index is -0.337. The van der Waals surface area contributed by atoms with Gasteiger partial charge in [0.2, 0.25) is 0 Å². The molecule has 0 spiro atoms. The monoisotopic (exact) mass is 814 g/mol. The van der Waals surface area contributed by atoms with Crippen molar-refractivity contribution in [2.24, 2.45) is 16.7 Å². The maximum absolute atomic E-state index is 12.2. The zero-order chi connectivity index (χ0) is 34.4. The molecule has 0 aliphatic heterocycles. The van der Waals surface area contributed by atoms with Crippen LogP contribution in [-0.4, -0.2) is 20.9 Å². The molecule has 0 saturated heterocycles. The van der Waals surface area contributed by atoms with Gasteiger partial charge in [0, 0.05) is 48.3 Å². The Bertz CT molecular complexity index is 1670. The Labute approximate surface area is 298 Å². The number of fused-ring (bicyclic) bond motifs is 3. The molecular formula is C42H57IrN2O2-. The number of benzene rings is 3. The van der Waals surface area contributed by atoms with Crippen LogP contribution in [0.25, 0.3) is 32.9 Å². The van der Waals surface area contributed by atoms with Gasteiger partial charge in [-0.3, -0.25) is 9.78 Å². The fraction of sp³-hybridized carbons (Fsp3) is 0.500. The molecule has 1 heterocycles. The van der Waals surface area contributed by atoms with Crippen molar-refractivity contribution in [2.75, 3.05) is 0 Å². The van der Waals surface area contributed by atoms with Crippen LogP contribution in [0.5, 0.6) is 0 Å². The van der Waals surface area contributed by atoms with Crippen LogP contribution in [0.1, 0.15) is 123 Å². The van der Waals surface area contributed by atoms with E-state index in [0.29, 0.717) is 5.92 Å². The van der Waals surface area contributed by atoms with E-state index in [9.17, 15) is 9.90 Å². The van der Waals surface area contributed by atoms with Crippen LogP contribution < -0.4 is 0 Å². The van der Waals surface area contributed by atoms with E-state index < -0.39 is 0 Å². The molecule has 1 radical (unpaired) electrons. The standard InChI is InChI=1S/C27H29N2.C15H28O2.Ir/c1-16(2)12-21-9-7-8-20-10-11-23-25(22-14-18(5)13-19(6)15-22)28-27(17(3)4)29-26(23)24(20)21;1-7-14(5,8-2)12(16)11-13(17)15(6,9-3)10-4;/h7-11,13-14,16-17H,12H2,1-6H3;11,16H,7-10H2,1-6H3;/q-1;;/b;12-11-;. The summed E-state index contributed by atoms with van der Waals surface area (Å²) in [5, 5.41) is 13.8. The van der Waals surface area contributed by atoms with E-state index in [-0.39, 0.29) is 48.4 Å². The number of aliphatic hydroxyl groups excluding tert-OH is 1. The number of rotatable bonds is 11. The maximum Gasteiger partial charge on any atom is 0.164 e. The molecule has 0 saturated carbocycles. The normalized spacial score (nSPS) is 12.3. The van der Waals surface area contributed by atoms with Gasteiger partial charge < -0.3 is 5.11 Å². The molecule has 0 bridgehead atoms. The smallest absolute Gasteiger partial charge is 0.164 e. The van der Waals surface area contributed by atoms with Crippen molar-refractivity contribution in [3.63, 3.8) is 0 Å². The van der Waals surface area contributed by atoms with Gasteiger partial charge in [0.25, 0.3) is 0 Å². The molecule has 0 amide bonds. The molecule has 257 valence electrons. The van der Waals surface area contributed by atoms with Crippen LogP contribution in [0.4, 0.5) is 0 Å². The average molecular weight is 814 g/mol. The van der Waals surface area contributed by atoms with Gasteiger partial charge in [-0.25, -0.2) is 4.98 Å². The number of carbonyl (C=O) groups excluding carboxylic acids is 1. The molecule has 0 aliphatic carbocycles. The molecule has 3 aromatic carbocycles. The number of aromatic nitrogens is 2. The van der Waals surface area contributed by atoms with Crippen molar-refractivity contribution >= 4 is 27.5 Å². The molecule has 0 atom stereocenters. The van der Waals surface area contributed by atoms with E-state index in [2.05, 4.69) is 90.1 Å². The molecule has 47 heavy (non-hydrogen) atoms. The zero-order valence-electron chi connectivity index (χ0n) is 30.9. The Morgan fingerprint density at radius 3 is 2.04 bits per heavy atom. The largest absolute Gasteiger partial charge is 0.512 e. The third kappa shape index (κ3) is 9.39. The van der Waals surface area contributed by atoms with Gasteiger partial charge >= 0.3 is 0 Å². The number of aryl methyl sites for hydroxylation is 2. The first kappa shape index (κ1) is 40.3. The minimum Gasteiger partial charge on any atom is -0.512 e. The second kappa shape index (κ2) is 17.0. The molecule has 4 aromatic rings. The fourth-order valence-electron chi connectivity index (χ4n) is 5.84. The molecule has 0 fully saturated rings. The second-order valence-corrected chi connectivity index (χ2v) is 14.3. The van der Waals surface area contributed by atoms with Gasteiger partial charge in [-0.05, 0) is 60.1 Å². The predicted octanol–water partition coefficient (Wildman–Crippen LogP) is 11.8. The molecule has 0 aliphatic rings. The van der Waals surface area contributed by atoms with E-state index in [4.69, 9.17) is 9.97 Å². The van der Waals surface area contributed by atoms with E-state index in [1.54, 1.807) is 0 Å². The minimum absolute atomic E-state index is 0. The quantitative estimate of drug-likeness (QED) is 0.0709. The van der Waals surface area contributed by atoms with E-state index in [0.717, 1.165) is 65.7 Å². The number of nitrogens with zero attached hydrogens (tertiary/aromatic N) is 2. The van der Waals surface area contributed by atoms with Crippen LogP contribution in [0, 0.1) is 36.7 Å². The van der Waals surface area contributed by atoms with Gasteiger partial charge in [-0.1, -0.05) is 113 Å². The number of hydrogen-bond acceptors (Lipinski definition) is 4.